The first-order valence-electron chi connectivity index (χ1n) is 12.0. The van der Waals surface area contributed by atoms with Crippen molar-refractivity contribution in [3.63, 3.8) is 0 Å². The predicted octanol–water partition coefficient (Wildman–Crippen LogP) is 5.41. The van der Waals surface area contributed by atoms with Crippen LogP contribution in [0.3, 0.4) is 0 Å². The number of thiophene rings is 1. The van der Waals surface area contributed by atoms with E-state index in [-0.39, 0.29) is 6.10 Å². The van der Waals surface area contributed by atoms with Gasteiger partial charge in [0.15, 0.2) is 6.61 Å². The van der Waals surface area contributed by atoms with Gasteiger partial charge >= 0.3 is 11.9 Å². The number of esters is 2. The number of benzene rings is 1. The van der Waals surface area contributed by atoms with Crippen LogP contribution < -0.4 is 5.32 Å². The first-order valence-corrected chi connectivity index (χ1v) is 12.8. The molecule has 1 aliphatic rings. The molecule has 1 aliphatic carbocycles. The Hall–Kier alpha value is -3.26. The van der Waals surface area contributed by atoms with Crippen LogP contribution in [0.4, 0.5) is 5.00 Å². The third-order valence-electron chi connectivity index (χ3n) is 6.08. The second-order valence-electron chi connectivity index (χ2n) is 8.92. The lowest BCUT2D eigenvalue weighted by atomic mass is 9.95. The summed E-state index contributed by atoms with van der Waals surface area (Å²) >= 11 is 1.40. The zero-order valence-electron chi connectivity index (χ0n) is 20.5. The second kappa shape index (κ2) is 10.6. The average molecular weight is 495 g/mol. The van der Waals surface area contributed by atoms with Crippen LogP contribution in [0, 0.1) is 6.92 Å². The molecule has 0 atom stereocenters. The molecule has 0 unspecified atom stereocenters. The van der Waals surface area contributed by atoms with E-state index in [1.807, 2.05) is 38.1 Å². The molecule has 184 valence electrons. The molecule has 8 heteroatoms. The number of hydrogen-bond acceptors (Lipinski definition) is 7. The lowest BCUT2D eigenvalue weighted by Gasteiger charge is -2.14. The highest BCUT2D eigenvalue weighted by Crippen LogP contribution is 2.38. The van der Waals surface area contributed by atoms with Crippen LogP contribution in [0.25, 0.3) is 10.9 Å². The minimum absolute atomic E-state index is 0.266. The number of hydrogen-bond donors (Lipinski definition) is 1. The number of rotatable bonds is 7. The number of carbonyl (C=O) groups excluding carboxylic acids is 3. The fourth-order valence-electron chi connectivity index (χ4n) is 4.47. The number of anilines is 1. The molecule has 0 spiro atoms. The van der Waals surface area contributed by atoms with Gasteiger partial charge in [-0.1, -0.05) is 25.1 Å². The molecule has 1 N–H and O–H groups in total. The molecule has 35 heavy (non-hydrogen) atoms. The topological polar surface area (TPSA) is 94.6 Å². The monoisotopic (exact) mass is 494 g/mol. The van der Waals surface area contributed by atoms with Crippen molar-refractivity contribution >= 4 is 45.1 Å². The summed E-state index contributed by atoms with van der Waals surface area (Å²) in [7, 11) is 0. The Morgan fingerprint density at radius 2 is 1.83 bits per heavy atom. The normalized spacial score (nSPS) is 12.9. The highest BCUT2D eigenvalue weighted by molar-refractivity contribution is 7.17. The van der Waals surface area contributed by atoms with E-state index < -0.39 is 24.5 Å². The third kappa shape index (κ3) is 5.22. The first kappa shape index (κ1) is 24.9. The molecule has 2 heterocycles. The number of nitrogens with one attached hydrogen (secondary N) is 1. The Labute approximate surface area is 208 Å². The fourth-order valence-corrected chi connectivity index (χ4v) is 5.77. The number of ether oxygens (including phenoxy) is 2. The summed E-state index contributed by atoms with van der Waals surface area (Å²) in [6.45, 7) is 6.96. The minimum atomic E-state index is -0.573. The maximum atomic E-state index is 13.1. The lowest BCUT2D eigenvalue weighted by Crippen LogP contribution is -2.23. The van der Waals surface area contributed by atoms with Gasteiger partial charge in [0.25, 0.3) is 5.91 Å². The van der Waals surface area contributed by atoms with Crippen LogP contribution in [0.15, 0.2) is 24.3 Å². The van der Waals surface area contributed by atoms with E-state index in [0.717, 1.165) is 47.4 Å². The van der Waals surface area contributed by atoms with Gasteiger partial charge in [-0.2, -0.15) is 0 Å². The molecule has 4 rings (SSSR count). The highest BCUT2D eigenvalue weighted by atomic mass is 32.1. The molecular weight excluding hydrogens is 464 g/mol. The Kier molecular flexibility index (Phi) is 7.50. The SMILES string of the molecule is CCc1nc2ccccc2c(C(=O)OCC(=O)Nc2sc3c(c2C(=O)OC(C)C)CCCC3)c1C. The minimum Gasteiger partial charge on any atom is -0.459 e. The zero-order valence-corrected chi connectivity index (χ0v) is 21.3. The summed E-state index contributed by atoms with van der Waals surface area (Å²) in [5.41, 5.74) is 4.10. The fraction of sp³-hybridized carbons (Fsp3) is 0.407. The van der Waals surface area contributed by atoms with E-state index in [0.29, 0.717) is 33.5 Å². The van der Waals surface area contributed by atoms with Crippen LogP contribution in [-0.2, 0) is 33.5 Å². The van der Waals surface area contributed by atoms with Gasteiger partial charge in [-0.3, -0.25) is 9.78 Å². The maximum absolute atomic E-state index is 13.1. The van der Waals surface area contributed by atoms with E-state index in [4.69, 9.17) is 9.47 Å². The van der Waals surface area contributed by atoms with Gasteiger partial charge in [0, 0.05) is 16.0 Å². The van der Waals surface area contributed by atoms with Crippen molar-refractivity contribution in [1.82, 2.24) is 4.98 Å². The van der Waals surface area contributed by atoms with Gasteiger partial charge in [0.1, 0.15) is 5.00 Å². The second-order valence-corrected chi connectivity index (χ2v) is 10.0. The molecule has 0 fully saturated rings. The standard InChI is InChI=1S/C27H30N2O5S/c1-5-19-16(4)23(17-10-6-8-12-20(17)28-19)26(31)33-14-22(30)29-25-24(27(32)34-15(2)3)18-11-7-9-13-21(18)35-25/h6,8,10,12,15H,5,7,9,11,13-14H2,1-4H3,(H,29,30). The molecule has 0 saturated heterocycles. The van der Waals surface area contributed by atoms with Crippen LogP contribution in [0.2, 0.25) is 0 Å². The average Bonchev–Trinajstić information content (AvgIpc) is 3.19. The lowest BCUT2D eigenvalue weighted by molar-refractivity contribution is -0.119. The summed E-state index contributed by atoms with van der Waals surface area (Å²) in [6, 6.07) is 7.39. The third-order valence-corrected chi connectivity index (χ3v) is 7.29. The van der Waals surface area contributed by atoms with Crippen molar-refractivity contribution in [1.29, 1.82) is 0 Å². The summed E-state index contributed by atoms with van der Waals surface area (Å²) in [5.74, 6) is -1.50. The van der Waals surface area contributed by atoms with Gasteiger partial charge in [0.05, 0.1) is 22.7 Å². The Balaban J connectivity index is 1.53. The molecule has 7 nitrogen and oxygen atoms in total. The largest absolute Gasteiger partial charge is 0.459 e. The van der Waals surface area contributed by atoms with Crippen LogP contribution in [-0.4, -0.2) is 35.5 Å². The molecule has 1 aromatic carbocycles. The summed E-state index contributed by atoms with van der Waals surface area (Å²) in [6.07, 6.45) is 4.12. The summed E-state index contributed by atoms with van der Waals surface area (Å²) in [4.78, 5) is 44.4. The van der Waals surface area contributed by atoms with Crippen molar-refractivity contribution in [3.05, 3.63) is 57.1 Å². The number of nitrogens with zero attached hydrogens (tertiary/aromatic N) is 1. The maximum Gasteiger partial charge on any atom is 0.341 e. The Bertz CT molecular complexity index is 1290. The Morgan fingerprint density at radius 3 is 2.57 bits per heavy atom. The van der Waals surface area contributed by atoms with Crippen LogP contribution >= 0.6 is 11.3 Å². The molecular formula is C27H30N2O5S. The number of amides is 1. The van der Waals surface area contributed by atoms with Gasteiger partial charge < -0.3 is 14.8 Å². The molecule has 0 bridgehead atoms. The van der Waals surface area contributed by atoms with Crippen molar-refractivity contribution in [3.8, 4) is 0 Å². The number of aromatic nitrogens is 1. The quantitative estimate of drug-likeness (QED) is 0.442. The zero-order chi connectivity index (χ0) is 25.1. The van der Waals surface area contributed by atoms with E-state index in [1.165, 1.54) is 11.3 Å². The summed E-state index contributed by atoms with van der Waals surface area (Å²) in [5, 5.41) is 3.94. The van der Waals surface area contributed by atoms with E-state index >= 15 is 0 Å². The van der Waals surface area contributed by atoms with Crippen molar-refractivity contribution < 1.29 is 23.9 Å². The first-order chi connectivity index (χ1) is 16.8. The predicted molar refractivity (Wildman–Crippen MR) is 136 cm³/mol. The number of fused-ring (bicyclic) bond motifs is 2. The van der Waals surface area contributed by atoms with Gasteiger partial charge in [-0.25, -0.2) is 9.59 Å². The molecule has 3 aromatic rings. The van der Waals surface area contributed by atoms with E-state index in [9.17, 15) is 14.4 Å². The van der Waals surface area contributed by atoms with Crippen LogP contribution in [0.5, 0.6) is 0 Å². The highest BCUT2D eigenvalue weighted by Gasteiger charge is 2.28. The smallest absolute Gasteiger partial charge is 0.341 e. The summed E-state index contributed by atoms with van der Waals surface area (Å²) < 4.78 is 10.9. The number of carbonyl (C=O) groups is 3. The molecule has 0 aliphatic heterocycles. The Morgan fingerprint density at radius 1 is 1.09 bits per heavy atom. The number of para-hydroxylation sites is 1. The van der Waals surface area contributed by atoms with Crippen molar-refractivity contribution in [2.45, 2.75) is 65.9 Å². The number of aryl methyl sites for hydroxylation is 2. The van der Waals surface area contributed by atoms with Gasteiger partial charge in [-0.05, 0) is 70.1 Å². The molecule has 0 saturated carbocycles. The van der Waals surface area contributed by atoms with Crippen molar-refractivity contribution in [2.75, 3.05) is 11.9 Å². The van der Waals surface area contributed by atoms with Crippen molar-refractivity contribution in [2.24, 2.45) is 0 Å². The number of pyridine rings is 1. The van der Waals surface area contributed by atoms with Crippen LogP contribution in [0.1, 0.15) is 76.0 Å². The van der Waals surface area contributed by atoms with Gasteiger partial charge in [-0.15, -0.1) is 11.3 Å². The van der Waals surface area contributed by atoms with E-state index in [1.54, 1.807) is 13.8 Å². The molecule has 0 radical (unpaired) electrons. The van der Waals surface area contributed by atoms with E-state index in [2.05, 4.69) is 10.3 Å². The molecule has 2 aromatic heterocycles. The van der Waals surface area contributed by atoms with Gasteiger partial charge in [0.2, 0.25) is 0 Å². The molecule has 1 amide bonds.